The third-order valence-electron chi connectivity index (χ3n) is 2.59. The lowest BCUT2D eigenvalue weighted by Gasteiger charge is -2.09. The zero-order valence-electron chi connectivity index (χ0n) is 10.8. The average molecular weight is 277 g/mol. The molecule has 2 aromatic rings. The summed E-state index contributed by atoms with van der Waals surface area (Å²) in [6.45, 7) is 2.54. The third-order valence-corrected chi connectivity index (χ3v) is 3.61. The molecule has 0 radical (unpaired) electrons. The fourth-order valence-electron chi connectivity index (χ4n) is 1.56. The normalized spacial score (nSPS) is 10.0. The van der Waals surface area contributed by atoms with E-state index in [2.05, 4.69) is 15.6 Å². The second-order valence-electron chi connectivity index (χ2n) is 3.89. The smallest absolute Gasteiger partial charge is 0.319 e. The van der Waals surface area contributed by atoms with Crippen molar-refractivity contribution in [3.63, 3.8) is 0 Å². The molecule has 0 unspecified atom stereocenters. The first-order chi connectivity index (χ1) is 9.20. The number of nitrogens with one attached hydrogen (secondary N) is 2. The van der Waals surface area contributed by atoms with Gasteiger partial charge in [-0.15, -0.1) is 11.3 Å². The number of thiophene rings is 1. The molecule has 0 aliphatic carbocycles. The van der Waals surface area contributed by atoms with Gasteiger partial charge in [0, 0.05) is 11.1 Å². The van der Waals surface area contributed by atoms with Crippen LogP contribution >= 0.6 is 11.3 Å². The van der Waals surface area contributed by atoms with Gasteiger partial charge in [0.25, 0.3) is 0 Å². The molecule has 19 heavy (non-hydrogen) atoms. The Morgan fingerprint density at radius 3 is 3.00 bits per heavy atom. The van der Waals surface area contributed by atoms with Crippen LogP contribution in [0.4, 0.5) is 10.5 Å². The molecule has 0 spiro atoms. The van der Waals surface area contributed by atoms with Crippen molar-refractivity contribution in [3.8, 4) is 5.88 Å². The largest absolute Gasteiger partial charge is 0.480 e. The minimum absolute atomic E-state index is 0.279. The predicted octanol–water partition coefficient (Wildman–Crippen LogP) is 2.78. The van der Waals surface area contributed by atoms with Gasteiger partial charge in [0.2, 0.25) is 5.88 Å². The Kier molecular flexibility index (Phi) is 4.35. The van der Waals surface area contributed by atoms with E-state index in [9.17, 15) is 4.79 Å². The summed E-state index contributed by atoms with van der Waals surface area (Å²) in [5.41, 5.74) is 1.73. The fourth-order valence-corrected chi connectivity index (χ4v) is 2.41. The number of anilines is 1. The molecule has 0 saturated heterocycles. The highest BCUT2D eigenvalue weighted by Crippen LogP contribution is 2.19. The van der Waals surface area contributed by atoms with Crippen molar-refractivity contribution in [3.05, 3.63) is 40.2 Å². The Hall–Kier alpha value is -2.08. The van der Waals surface area contributed by atoms with Crippen LogP contribution in [0.3, 0.4) is 0 Å². The molecule has 6 heteroatoms. The second kappa shape index (κ2) is 6.19. The summed E-state index contributed by atoms with van der Waals surface area (Å²) < 4.78 is 5.06. The van der Waals surface area contributed by atoms with Crippen LogP contribution in [0.1, 0.15) is 10.4 Å². The zero-order chi connectivity index (χ0) is 13.7. The summed E-state index contributed by atoms with van der Waals surface area (Å²) >= 11 is 1.63. The number of hydrogen-bond acceptors (Lipinski definition) is 4. The zero-order valence-corrected chi connectivity index (χ0v) is 11.6. The van der Waals surface area contributed by atoms with Gasteiger partial charge in [-0.1, -0.05) is 0 Å². The number of carbonyl (C=O) groups is 1. The van der Waals surface area contributed by atoms with Crippen molar-refractivity contribution in [2.75, 3.05) is 12.4 Å². The minimum Gasteiger partial charge on any atom is -0.480 e. The summed E-state index contributed by atoms with van der Waals surface area (Å²) in [6.07, 6.45) is 1.61. The molecule has 5 nitrogen and oxygen atoms in total. The van der Waals surface area contributed by atoms with Gasteiger partial charge in [0.1, 0.15) is 5.69 Å². The van der Waals surface area contributed by atoms with Crippen molar-refractivity contribution >= 4 is 23.1 Å². The summed E-state index contributed by atoms with van der Waals surface area (Å²) in [4.78, 5) is 16.9. The number of ether oxygens (including phenoxy) is 1. The highest BCUT2D eigenvalue weighted by atomic mass is 32.1. The van der Waals surface area contributed by atoms with Crippen LogP contribution in [0.25, 0.3) is 0 Å². The maximum absolute atomic E-state index is 11.8. The van der Waals surface area contributed by atoms with Gasteiger partial charge in [-0.2, -0.15) is 0 Å². The van der Waals surface area contributed by atoms with Crippen LogP contribution in [0.2, 0.25) is 0 Å². The SMILES string of the molecule is COc1ncccc1NC(=O)NCc1sccc1C. The number of nitrogens with zero attached hydrogens (tertiary/aromatic N) is 1. The topological polar surface area (TPSA) is 63.2 Å². The van der Waals surface area contributed by atoms with Crippen LogP contribution in [0.15, 0.2) is 29.8 Å². The van der Waals surface area contributed by atoms with E-state index < -0.39 is 0 Å². The number of aryl methyl sites for hydroxylation is 1. The van der Waals surface area contributed by atoms with Crippen molar-refractivity contribution in [1.29, 1.82) is 0 Å². The Bertz CT molecular complexity index is 569. The van der Waals surface area contributed by atoms with Gasteiger partial charge in [-0.05, 0) is 36.1 Å². The summed E-state index contributed by atoms with van der Waals surface area (Å²) in [7, 11) is 1.51. The van der Waals surface area contributed by atoms with Gasteiger partial charge in [-0.25, -0.2) is 9.78 Å². The summed E-state index contributed by atoms with van der Waals surface area (Å²) in [5, 5.41) is 7.52. The van der Waals surface area contributed by atoms with Gasteiger partial charge >= 0.3 is 6.03 Å². The monoisotopic (exact) mass is 277 g/mol. The van der Waals surface area contributed by atoms with Gasteiger partial charge in [-0.3, -0.25) is 0 Å². The van der Waals surface area contributed by atoms with Gasteiger partial charge in [0.05, 0.1) is 13.7 Å². The molecule has 2 rings (SSSR count). The van der Waals surface area contributed by atoms with E-state index in [-0.39, 0.29) is 6.03 Å². The molecule has 0 bridgehead atoms. The van der Waals surface area contributed by atoms with E-state index in [1.807, 2.05) is 18.4 Å². The molecular weight excluding hydrogens is 262 g/mol. The van der Waals surface area contributed by atoms with Crippen LogP contribution in [-0.4, -0.2) is 18.1 Å². The first-order valence-corrected chi connectivity index (χ1v) is 6.65. The summed E-state index contributed by atoms with van der Waals surface area (Å²) in [5.74, 6) is 0.393. The second-order valence-corrected chi connectivity index (χ2v) is 4.90. The highest BCUT2D eigenvalue weighted by Gasteiger charge is 2.08. The van der Waals surface area contributed by atoms with Crippen molar-refractivity contribution in [1.82, 2.24) is 10.3 Å². The lowest BCUT2D eigenvalue weighted by atomic mass is 10.3. The van der Waals surface area contributed by atoms with Gasteiger partial charge in [0.15, 0.2) is 0 Å². The lowest BCUT2D eigenvalue weighted by Crippen LogP contribution is -2.28. The number of aromatic nitrogens is 1. The Balaban J connectivity index is 1.93. The first kappa shape index (κ1) is 13.4. The van der Waals surface area contributed by atoms with Crippen molar-refractivity contribution < 1.29 is 9.53 Å². The van der Waals surface area contributed by atoms with E-state index in [1.165, 1.54) is 12.7 Å². The standard InChI is InChI=1S/C13H15N3O2S/c1-9-5-7-19-11(9)8-15-13(17)16-10-4-3-6-14-12(10)18-2/h3-7H,8H2,1-2H3,(H2,15,16,17). The molecule has 0 aliphatic heterocycles. The van der Waals surface area contributed by atoms with Crippen molar-refractivity contribution in [2.24, 2.45) is 0 Å². The van der Waals surface area contributed by atoms with E-state index in [4.69, 9.17) is 4.74 Å². The number of carbonyl (C=O) groups excluding carboxylic acids is 1. The number of urea groups is 1. The molecule has 0 atom stereocenters. The van der Waals surface area contributed by atoms with E-state index >= 15 is 0 Å². The average Bonchev–Trinajstić information content (AvgIpc) is 2.82. The first-order valence-electron chi connectivity index (χ1n) is 5.77. The molecule has 0 aliphatic rings. The maximum Gasteiger partial charge on any atom is 0.319 e. The number of amides is 2. The lowest BCUT2D eigenvalue weighted by molar-refractivity contribution is 0.251. The Labute approximate surface area is 115 Å². The molecule has 0 saturated carbocycles. The van der Waals surface area contributed by atoms with Crippen molar-refractivity contribution in [2.45, 2.75) is 13.5 Å². The minimum atomic E-state index is -0.279. The number of pyridine rings is 1. The Morgan fingerprint density at radius 2 is 2.32 bits per heavy atom. The number of hydrogen-bond donors (Lipinski definition) is 2. The molecule has 2 aromatic heterocycles. The van der Waals surface area contributed by atoms with Crippen LogP contribution in [0.5, 0.6) is 5.88 Å². The molecule has 100 valence electrons. The summed E-state index contributed by atoms with van der Waals surface area (Å²) in [6, 6.07) is 5.23. The van der Waals surface area contributed by atoms with E-state index in [1.54, 1.807) is 29.7 Å². The van der Waals surface area contributed by atoms with Gasteiger partial charge < -0.3 is 15.4 Å². The van der Waals surface area contributed by atoms with Crippen LogP contribution < -0.4 is 15.4 Å². The molecular formula is C13H15N3O2S. The molecule has 0 fully saturated rings. The fraction of sp³-hybridized carbons (Fsp3) is 0.231. The Morgan fingerprint density at radius 1 is 1.47 bits per heavy atom. The van der Waals surface area contributed by atoms with E-state index in [0.29, 0.717) is 18.1 Å². The number of rotatable bonds is 4. The molecule has 2 heterocycles. The third kappa shape index (κ3) is 3.45. The molecule has 2 amide bonds. The molecule has 0 aromatic carbocycles. The molecule has 2 N–H and O–H groups in total. The highest BCUT2D eigenvalue weighted by molar-refractivity contribution is 7.10. The van der Waals surface area contributed by atoms with Crippen LogP contribution in [0, 0.1) is 6.92 Å². The van der Waals surface area contributed by atoms with Crippen LogP contribution in [-0.2, 0) is 6.54 Å². The number of methoxy groups -OCH3 is 1. The predicted molar refractivity (Wildman–Crippen MR) is 75.7 cm³/mol. The maximum atomic E-state index is 11.8. The van der Waals surface area contributed by atoms with E-state index in [0.717, 1.165) is 4.88 Å². The quantitative estimate of drug-likeness (QED) is 0.903.